The van der Waals surface area contributed by atoms with Crippen LogP contribution in [0.25, 0.3) is 0 Å². The number of carbonyl (C=O) groups excluding carboxylic acids is 2. The molecule has 1 rings (SSSR count). The van der Waals surface area contributed by atoms with Crippen LogP contribution in [-0.4, -0.2) is 42.3 Å². The van der Waals surface area contributed by atoms with Crippen LogP contribution in [0.4, 0.5) is 5.69 Å². The number of nitrogens with zero attached hydrogens (tertiary/aromatic N) is 2. The molecule has 124 valence electrons. The van der Waals surface area contributed by atoms with Crippen molar-refractivity contribution in [2.75, 3.05) is 20.7 Å². The topological polar surface area (TPSA) is 89.8 Å². The van der Waals surface area contributed by atoms with Gasteiger partial charge in [-0.1, -0.05) is 23.2 Å². The second-order valence-electron chi connectivity index (χ2n) is 4.60. The second-order valence-corrected chi connectivity index (χ2v) is 5.41. The third-order valence-electron chi connectivity index (χ3n) is 2.61. The number of halogens is 2. The Hall–Kier alpha value is -2.12. The molecule has 1 aromatic rings. The minimum Gasteiger partial charge on any atom is -0.462 e. The molecule has 9 heteroatoms. The van der Waals surface area contributed by atoms with Gasteiger partial charge >= 0.3 is 5.97 Å². The molecule has 0 N–H and O–H groups in total. The number of esters is 1. The van der Waals surface area contributed by atoms with Gasteiger partial charge in [0.15, 0.2) is 0 Å². The maximum absolute atomic E-state index is 12.6. The van der Waals surface area contributed by atoms with E-state index < -0.39 is 22.4 Å². The Morgan fingerprint density at radius 2 is 1.91 bits per heavy atom. The molecule has 7 nitrogen and oxygen atoms in total. The minimum absolute atomic E-state index is 0.0748. The van der Waals surface area contributed by atoms with Crippen molar-refractivity contribution in [3.8, 4) is 0 Å². The number of Topliss-reactive ketones (excluding diaryl/α,β-unsaturated/α-hetero) is 1. The van der Waals surface area contributed by atoms with Gasteiger partial charge in [0.2, 0.25) is 5.78 Å². The van der Waals surface area contributed by atoms with Crippen molar-refractivity contribution >= 4 is 40.6 Å². The minimum atomic E-state index is -0.847. The molecule has 0 aliphatic rings. The predicted molar refractivity (Wildman–Crippen MR) is 85.8 cm³/mol. The van der Waals surface area contributed by atoms with Crippen molar-refractivity contribution < 1.29 is 19.2 Å². The van der Waals surface area contributed by atoms with E-state index in [4.69, 9.17) is 27.9 Å². The van der Waals surface area contributed by atoms with Gasteiger partial charge in [0, 0.05) is 31.9 Å². The molecule has 0 amide bonds. The Bertz CT molecular complexity index is 686. The number of hydrogen-bond donors (Lipinski definition) is 0. The summed E-state index contributed by atoms with van der Waals surface area (Å²) in [5.41, 5.74) is -0.980. The van der Waals surface area contributed by atoms with Crippen molar-refractivity contribution in [2.45, 2.75) is 6.92 Å². The lowest BCUT2D eigenvalue weighted by atomic mass is 10.0. The summed E-state index contributed by atoms with van der Waals surface area (Å²) in [4.78, 5) is 36.2. The largest absolute Gasteiger partial charge is 0.462 e. The maximum Gasteiger partial charge on any atom is 0.343 e. The van der Waals surface area contributed by atoms with Crippen LogP contribution in [-0.2, 0) is 9.53 Å². The van der Waals surface area contributed by atoms with E-state index in [2.05, 4.69) is 0 Å². The lowest BCUT2D eigenvalue weighted by molar-refractivity contribution is -0.384. The molecule has 0 aromatic heterocycles. The first-order chi connectivity index (χ1) is 10.7. The van der Waals surface area contributed by atoms with Crippen LogP contribution in [0.1, 0.15) is 17.3 Å². The van der Waals surface area contributed by atoms with E-state index in [0.29, 0.717) is 0 Å². The third-order valence-corrected chi connectivity index (χ3v) is 3.22. The molecule has 0 aliphatic carbocycles. The van der Waals surface area contributed by atoms with E-state index in [0.717, 1.165) is 12.1 Å². The van der Waals surface area contributed by atoms with Crippen LogP contribution in [0.5, 0.6) is 0 Å². The molecule has 1 aromatic carbocycles. The van der Waals surface area contributed by atoms with Crippen molar-refractivity contribution in [3.05, 3.63) is 49.6 Å². The molecular formula is C14H14Cl2N2O5. The molecule has 23 heavy (non-hydrogen) atoms. The molecule has 0 heterocycles. The zero-order chi connectivity index (χ0) is 17.7. The highest BCUT2D eigenvalue weighted by Crippen LogP contribution is 2.32. The Morgan fingerprint density at radius 3 is 2.39 bits per heavy atom. The summed E-state index contributed by atoms with van der Waals surface area (Å²) in [7, 11) is 3.22. The van der Waals surface area contributed by atoms with Gasteiger partial charge in [-0.15, -0.1) is 0 Å². The fourth-order valence-electron chi connectivity index (χ4n) is 1.67. The van der Waals surface area contributed by atoms with Gasteiger partial charge < -0.3 is 9.64 Å². The van der Waals surface area contributed by atoms with E-state index in [1.54, 1.807) is 21.0 Å². The molecule has 0 atom stereocenters. The molecule has 0 aliphatic heterocycles. The number of benzene rings is 1. The first-order valence-electron chi connectivity index (χ1n) is 6.42. The highest BCUT2D eigenvalue weighted by molar-refractivity contribution is 6.39. The fourth-order valence-corrected chi connectivity index (χ4v) is 2.21. The second kappa shape index (κ2) is 7.94. The molecule has 0 bridgehead atoms. The van der Waals surface area contributed by atoms with Gasteiger partial charge in [0.05, 0.1) is 16.6 Å². The summed E-state index contributed by atoms with van der Waals surface area (Å²) in [6.07, 6.45) is 1.26. The molecule has 0 spiro atoms. The summed E-state index contributed by atoms with van der Waals surface area (Å²) in [6, 6.07) is 2.03. The lowest BCUT2D eigenvalue weighted by Crippen LogP contribution is -2.20. The number of ether oxygens (including phenoxy) is 1. The van der Waals surface area contributed by atoms with E-state index in [-0.39, 0.29) is 27.8 Å². The van der Waals surface area contributed by atoms with Gasteiger partial charge in [-0.2, -0.15) is 0 Å². The third kappa shape index (κ3) is 4.67. The van der Waals surface area contributed by atoms with Crippen LogP contribution in [0.2, 0.25) is 10.0 Å². The fraction of sp³-hybridized carbons (Fsp3) is 0.286. The lowest BCUT2D eigenvalue weighted by Gasteiger charge is -2.11. The summed E-state index contributed by atoms with van der Waals surface area (Å²) in [6.45, 7) is 1.67. The van der Waals surface area contributed by atoms with Gasteiger partial charge in [-0.25, -0.2) is 4.79 Å². The SMILES string of the molecule is CCOC(=O)C(=CN(C)C)C(=O)c1cc([N+](=O)[O-])c(Cl)cc1Cl. The molecule has 0 radical (unpaired) electrons. The Kier molecular flexibility index (Phi) is 6.53. The van der Waals surface area contributed by atoms with Crippen LogP contribution >= 0.6 is 23.2 Å². The smallest absolute Gasteiger partial charge is 0.343 e. The average molecular weight is 361 g/mol. The monoisotopic (exact) mass is 360 g/mol. The normalized spacial score (nSPS) is 11.1. The van der Waals surface area contributed by atoms with Crippen molar-refractivity contribution in [1.82, 2.24) is 4.90 Å². The van der Waals surface area contributed by atoms with E-state index in [9.17, 15) is 19.7 Å². The van der Waals surface area contributed by atoms with Gasteiger partial charge in [0.25, 0.3) is 5.69 Å². The average Bonchev–Trinajstić information content (AvgIpc) is 2.43. The highest BCUT2D eigenvalue weighted by Gasteiger charge is 2.27. The van der Waals surface area contributed by atoms with E-state index in [1.807, 2.05) is 0 Å². The molecule has 0 unspecified atom stereocenters. The number of nitro benzene ring substituents is 1. The first kappa shape index (κ1) is 18.9. The quantitative estimate of drug-likeness (QED) is 0.147. The van der Waals surface area contributed by atoms with Crippen LogP contribution in [0.3, 0.4) is 0 Å². The molecule has 0 saturated heterocycles. The Labute approximate surface area is 142 Å². The first-order valence-corrected chi connectivity index (χ1v) is 7.18. The van der Waals surface area contributed by atoms with Crippen LogP contribution in [0.15, 0.2) is 23.9 Å². The summed E-state index contributed by atoms with van der Waals surface area (Å²) >= 11 is 11.7. The van der Waals surface area contributed by atoms with E-state index in [1.165, 1.54) is 11.1 Å². The van der Waals surface area contributed by atoms with E-state index >= 15 is 0 Å². The molecule has 0 fully saturated rings. The zero-order valence-corrected chi connectivity index (χ0v) is 14.1. The highest BCUT2D eigenvalue weighted by atomic mass is 35.5. The van der Waals surface area contributed by atoms with Crippen molar-refractivity contribution in [2.24, 2.45) is 0 Å². The summed E-state index contributed by atoms with van der Waals surface area (Å²) < 4.78 is 4.83. The van der Waals surface area contributed by atoms with Gasteiger partial charge in [-0.05, 0) is 13.0 Å². The molecular weight excluding hydrogens is 347 g/mol. The standard InChI is InChI=1S/C14H14Cl2N2O5/c1-4-23-14(20)9(7-17(2)3)13(19)8-5-12(18(21)22)11(16)6-10(8)15/h5-7H,4H2,1-3H3. The maximum atomic E-state index is 12.6. The van der Waals surface area contributed by atoms with Gasteiger partial charge in [-0.3, -0.25) is 14.9 Å². The predicted octanol–water partition coefficient (Wildman–Crippen LogP) is 3.09. The molecule has 0 saturated carbocycles. The van der Waals surface area contributed by atoms with Crippen molar-refractivity contribution in [3.63, 3.8) is 0 Å². The number of nitro groups is 1. The summed E-state index contributed by atoms with van der Waals surface area (Å²) in [5.74, 6) is -1.64. The summed E-state index contributed by atoms with van der Waals surface area (Å²) in [5, 5.41) is 10.6. The Balaban J connectivity index is 3.42. The Morgan fingerprint density at radius 1 is 1.30 bits per heavy atom. The number of ketones is 1. The zero-order valence-electron chi connectivity index (χ0n) is 12.6. The van der Waals surface area contributed by atoms with Crippen molar-refractivity contribution in [1.29, 1.82) is 0 Å². The number of hydrogen-bond acceptors (Lipinski definition) is 6. The van der Waals surface area contributed by atoms with Crippen LogP contribution < -0.4 is 0 Å². The number of carbonyl (C=O) groups is 2. The van der Waals surface area contributed by atoms with Gasteiger partial charge in [0.1, 0.15) is 10.6 Å². The number of rotatable bonds is 6. The van der Waals surface area contributed by atoms with Crippen LogP contribution in [0, 0.1) is 10.1 Å².